The Morgan fingerprint density at radius 2 is 1.96 bits per heavy atom. The molecule has 136 valence electrons. The lowest BCUT2D eigenvalue weighted by Gasteiger charge is -2.23. The zero-order valence-electron chi connectivity index (χ0n) is 14.5. The van der Waals surface area contributed by atoms with Crippen LogP contribution in [0.25, 0.3) is 0 Å². The summed E-state index contributed by atoms with van der Waals surface area (Å²) in [6, 6.07) is 6.13. The quantitative estimate of drug-likeness (QED) is 0.588. The molecule has 1 unspecified atom stereocenters. The van der Waals surface area contributed by atoms with E-state index in [1.165, 1.54) is 12.1 Å². The van der Waals surface area contributed by atoms with E-state index >= 15 is 0 Å². The molecule has 7 nitrogen and oxygen atoms in total. The molecular weight excluding hydrogens is 330 g/mol. The average Bonchev–Trinajstić information content (AvgIpc) is 2.53. The number of hydrogen-bond donors (Lipinski definition) is 2. The predicted octanol–water partition coefficient (Wildman–Crippen LogP) is 0.350. The van der Waals surface area contributed by atoms with E-state index in [-0.39, 0.29) is 16.8 Å². The van der Waals surface area contributed by atoms with Crippen molar-refractivity contribution in [2.24, 2.45) is 5.14 Å². The fourth-order valence-corrected chi connectivity index (χ4v) is 2.69. The van der Waals surface area contributed by atoms with Crippen LogP contribution in [0.4, 0.5) is 0 Å². The Morgan fingerprint density at radius 3 is 2.50 bits per heavy atom. The number of sulfonamides is 1. The summed E-state index contributed by atoms with van der Waals surface area (Å²) in [6.07, 6.45) is 1.50. The molecule has 0 saturated heterocycles. The fourth-order valence-electron chi connectivity index (χ4n) is 2.18. The third-order valence-corrected chi connectivity index (χ3v) is 4.79. The SMILES string of the molecule is COCCCN(C)C(C)C(=O)NCCc1ccc(S(N)(=O)=O)cc1. The van der Waals surface area contributed by atoms with E-state index in [0.29, 0.717) is 19.6 Å². The maximum atomic E-state index is 12.1. The number of hydrogen-bond acceptors (Lipinski definition) is 5. The highest BCUT2D eigenvalue weighted by Crippen LogP contribution is 2.09. The van der Waals surface area contributed by atoms with Crippen LogP contribution in [0.3, 0.4) is 0 Å². The van der Waals surface area contributed by atoms with Crippen LogP contribution in [0, 0.1) is 0 Å². The zero-order chi connectivity index (χ0) is 18.2. The second kappa shape index (κ2) is 9.73. The van der Waals surface area contributed by atoms with Crippen molar-refractivity contribution in [1.82, 2.24) is 10.2 Å². The molecule has 0 aliphatic heterocycles. The Bertz CT molecular complexity index is 617. The molecule has 1 aromatic carbocycles. The predicted molar refractivity (Wildman–Crippen MR) is 93.1 cm³/mol. The van der Waals surface area contributed by atoms with Gasteiger partial charge in [-0.15, -0.1) is 0 Å². The van der Waals surface area contributed by atoms with E-state index in [1.54, 1.807) is 19.2 Å². The van der Waals surface area contributed by atoms with Crippen LogP contribution in [0.2, 0.25) is 0 Å². The standard InChI is InChI=1S/C16H27N3O4S/c1-13(19(2)11-4-12-23-3)16(20)18-10-9-14-5-7-15(8-6-14)24(17,21)22/h5-8,13H,4,9-12H2,1-3H3,(H,18,20)(H2,17,21,22). The number of rotatable bonds is 10. The van der Waals surface area contributed by atoms with Gasteiger partial charge in [0.25, 0.3) is 0 Å². The molecule has 0 radical (unpaired) electrons. The van der Waals surface area contributed by atoms with E-state index < -0.39 is 10.0 Å². The highest BCUT2D eigenvalue weighted by atomic mass is 32.2. The summed E-state index contributed by atoms with van der Waals surface area (Å²) in [5.41, 5.74) is 0.934. The van der Waals surface area contributed by atoms with Crippen molar-refractivity contribution >= 4 is 15.9 Å². The molecule has 3 N–H and O–H groups in total. The fraction of sp³-hybridized carbons (Fsp3) is 0.562. The van der Waals surface area contributed by atoms with Crippen molar-refractivity contribution in [2.75, 3.05) is 33.9 Å². The van der Waals surface area contributed by atoms with Crippen molar-refractivity contribution in [3.8, 4) is 0 Å². The first-order chi connectivity index (χ1) is 11.3. The molecule has 1 aromatic rings. The monoisotopic (exact) mass is 357 g/mol. The molecular formula is C16H27N3O4S. The number of nitrogens with two attached hydrogens (primary N) is 1. The first kappa shape index (κ1) is 20.6. The van der Waals surface area contributed by atoms with Crippen molar-refractivity contribution in [2.45, 2.75) is 30.7 Å². The Labute approximate surface area is 144 Å². The summed E-state index contributed by atoms with van der Waals surface area (Å²) in [4.78, 5) is 14.2. The molecule has 0 heterocycles. The summed E-state index contributed by atoms with van der Waals surface area (Å²) >= 11 is 0. The van der Waals surface area contributed by atoms with Gasteiger partial charge in [-0.3, -0.25) is 9.69 Å². The lowest BCUT2D eigenvalue weighted by atomic mass is 10.1. The van der Waals surface area contributed by atoms with E-state index in [4.69, 9.17) is 9.88 Å². The lowest BCUT2D eigenvalue weighted by molar-refractivity contribution is -0.125. The third kappa shape index (κ3) is 6.96. The van der Waals surface area contributed by atoms with Crippen molar-refractivity contribution in [3.63, 3.8) is 0 Å². The number of methoxy groups -OCH3 is 1. The van der Waals surface area contributed by atoms with Crippen LogP contribution in [0.5, 0.6) is 0 Å². The van der Waals surface area contributed by atoms with Gasteiger partial charge in [0.05, 0.1) is 10.9 Å². The number of nitrogens with zero attached hydrogens (tertiary/aromatic N) is 1. The first-order valence-electron chi connectivity index (χ1n) is 7.84. The van der Waals surface area contributed by atoms with Crippen LogP contribution in [0.1, 0.15) is 18.9 Å². The van der Waals surface area contributed by atoms with Crippen molar-refractivity contribution in [3.05, 3.63) is 29.8 Å². The Morgan fingerprint density at radius 1 is 1.33 bits per heavy atom. The minimum atomic E-state index is -3.67. The third-order valence-electron chi connectivity index (χ3n) is 3.86. The molecule has 0 bridgehead atoms. The maximum Gasteiger partial charge on any atom is 0.238 e. The van der Waals surface area contributed by atoms with Gasteiger partial charge in [0.15, 0.2) is 0 Å². The maximum absolute atomic E-state index is 12.1. The molecule has 0 saturated carbocycles. The highest BCUT2D eigenvalue weighted by Gasteiger charge is 2.17. The number of primary sulfonamides is 1. The molecule has 0 aromatic heterocycles. The van der Waals surface area contributed by atoms with E-state index in [0.717, 1.165) is 18.5 Å². The molecule has 0 aliphatic rings. The largest absolute Gasteiger partial charge is 0.385 e. The number of likely N-dealkylation sites (N-methyl/N-ethyl adjacent to an activating group) is 1. The molecule has 1 rings (SSSR count). The number of benzene rings is 1. The van der Waals surface area contributed by atoms with E-state index in [1.807, 2.05) is 18.9 Å². The molecule has 24 heavy (non-hydrogen) atoms. The molecule has 0 spiro atoms. The molecule has 1 atom stereocenters. The first-order valence-corrected chi connectivity index (χ1v) is 9.39. The van der Waals surface area contributed by atoms with Crippen LogP contribution in [-0.2, 0) is 26.0 Å². The normalized spacial score (nSPS) is 13.0. The minimum absolute atomic E-state index is 0.0314. The second-order valence-corrected chi connectivity index (χ2v) is 7.29. The molecule has 8 heteroatoms. The van der Waals surface area contributed by atoms with Gasteiger partial charge >= 0.3 is 0 Å². The summed E-state index contributed by atoms with van der Waals surface area (Å²) < 4.78 is 27.4. The van der Waals surface area contributed by atoms with Gasteiger partial charge in [-0.25, -0.2) is 13.6 Å². The number of amides is 1. The number of carbonyl (C=O) groups is 1. The van der Waals surface area contributed by atoms with Gasteiger partial charge in [0, 0.05) is 26.8 Å². The molecule has 0 fully saturated rings. The van der Waals surface area contributed by atoms with Crippen molar-refractivity contribution in [1.29, 1.82) is 0 Å². The summed E-state index contributed by atoms with van der Waals surface area (Å²) in [5, 5.41) is 7.95. The lowest BCUT2D eigenvalue weighted by Crippen LogP contribution is -2.44. The Balaban J connectivity index is 2.39. The minimum Gasteiger partial charge on any atom is -0.385 e. The van der Waals surface area contributed by atoms with Gasteiger partial charge in [-0.2, -0.15) is 0 Å². The van der Waals surface area contributed by atoms with Crippen LogP contribution in [0.15, 0.2) is 29.2 Å². The topological polar surface area (TPSA) is 102 Å². The Hall–Kier alpha value is -1.48. The number of nitrogens with one attached hydrogen (secondary N) is 1. The van der Waals surface area contributed by atoms with Crippen LogP contribution < -0.4 is 10.5 Å². The van der Waals surface area contributed by atoms with Gasteiger partial charge in [-0.1, -0.05) is 12.1 Å². The summed E-state index contributed by atoms with van der Waals surface area (Å²) in [6.45, 7) is 3.82. The highest BCUT2D eigenvalue weighted by molar-refractivity contribution is 7.89. The van der Waals surface area contributed by atoms with Gasteiger partial charge < -0.3 is 10.1 Å². The van der Waals surface area contributed by atoms with Gasteiger partial charge in [0.2, 0.25) is 15.9 Å². The summed E-state index contributed by atoms with van der Waals surface area (Å²) in [5.74, 6) is -0.0314. The van der Waals surface area contributed by atoms with Crippen LogP contribution >= 0.6 is 0 Å². The molecule has 0 aliphatic carbocycles. The van der Waals surface area contributed by atoms with E-state index in [9.17, 15) is 13.2 Å². The number of ether oxygens (including phenoxy) is 1. The molecule has 1 amide bonds. The second-order valence-electron chi connectivity index (χ2n) is 5.73. The van der Waals surface area contributed by atoms with Gasteiger partial charge in [0.1, 0.15) is 0 Å². The van der Waals surface area contributed by atoms with E-state index in [2.05, 4.69) is 5.32 Å². The van der Waals surface area contributed by atoms with Gasteiger partial charge in [-0.05, 0) is 44.5 Å². The van der Waals surface area contributed by atoms with Crippen molar-refractivity contribution < 1.29 is 17.9 Å². The Kier molecular flexibility index (Phi) is 8.34. The average molecular weight is 357 g/mol. The van der Waals surface area contributed by atoms with Crippen LogP contribution in [-0.4, -0.2) is 59.1 Å². The smallest absolute Gasteiger partial charge is 0.238 e. The summed E-state index contributed by atoms with van der Waals surface area (Å²) in [7, 11) is -0.101. The number of carbonyl (C=O) groups excluding carboxylic acids is 1. The zero-order valence-corrected chi connectivity index (χ0v) is 15.3.